The number of carbonyl (C=O) groups excluding carboxylic acids is 1. The highest BCUT2D eigenvalue weighted by Gasteiger charge is 2.58. The minimum absolute atomic E-state index is 0.154. The molecule has 146 valence electrons. The van der Waals surface area contributed by atoms with Crippen LogP contribution in [0.25, 0.3) is 0 Å². The summed E-state index contributed by atoms with van der Waals surface area (Å²) in [5, 5.41) is 8.99. The first-order valence-electron chi connectivity index (χ1n) is 10.6. The maximum absolute atomic E-state index is 11.9. The van der Waals surface area contributed by atoms with Crippen molar-refractivity contribution in [1.82, 2.24) is 0 Å². The fourth-order valence-electron chi connectivity index (χ4n) is 7.27. The third-order valence-electron chi connectivity index (χ3n) is 8.77. The Labute approximate surface area is 162 Å². The predicted molar refractivity (Wildman–Crippen MR) is 106 cm³/mol. The zero-order valence-electron chi connectivity index (χ0n) is 16.8. The molecule has 0 radical (unpaired) electrons. The highest BCUT2D eigenvalue weighted by molar-refractivity contribution is 5.92. The van der Waals surface area contributed by atoms with Crippen molar-refractivity contribution in [2.24, 2.45) is 40.4 Å². The SMILES string of the molecule is CC(C=CC(=O)O)C1CCC2C3C=CC4=CC(=O)CCC4(C)C3CCC12C. The van der Waals surface area contributed by atoms with Crippen molar-refractivity contribution in [2.45, 2.75) is 59.3 Å². The number of rotatable bonds is 3. The molecule has 0 heterocycles. The molecule has 2 fully saturated rings. The summed E-state index contributed by atoms with van der Waals surface area (Å²) >= 11 is 0. The predicted octanol–water partition coefficient (Wildman–Crippen LogP) is 5.19. The molecule has 4 aliphatic rings. The lowest BCUT2D eigenvalue weighted by atomic mass is 9.48. The monoisotopic (exact) mass is 368 g/mol. The third-order valence-corrected chi connectivity index (χ3v) is 8.77. The standard InChI is InChI=1S/C24H32O3/c1-15(4-9-22(26)27)19-7-8-20-18-6-5-16-14-17(25)10-12-23(16,2)21(18)11-13-24(19,20)3/h4-6,9,14-15,18-21H,7-8,10-13H2,1-3H3,(H,26,27). The van der Waals surface area contributed by atoms with Crippen molar-refractivity contribution in [3.63, 3.8) is 0 Å². The second kappa shape index (κ2) is 6.46. The number of carbonyl (C=O) groups is 2. The average Bonchev–Trinajstić information content (AvgIpc) is 2.97. The fraction of sp³-hybridized carbons (Fsp3) is 0.667. The number of fused-ring (bicyclic) bond motifs is 5. The molecule has 4 rings (SSSR count). The van der Waals surface area contributed by atoms with Gasteiger partial charge in [-0.25, -0.2) is 4.79 Å². The van der Waals surface area contributed by atoms with Gasteiger partial charge < -0.3 is 5.11 Å². The van der Waals surface area contributed by atoms with Gasteiger partial charge in [-0.1, -0.05) is 39.0 Å². The molecule has 3 heteroatoms. The molecule has 0 aromatic carbocycles. The van der Waals surface area contributed by atoms with Crippen molar-refractivity contribution >= 4 is 11.8 Å². The fourth-order valence-corrected chi connectivity index (χ4v) is 7.27. The quantitative estimate of drug-likeness (QED) is 0.698. The normalized spacial score (nSPS) is 44.4. The highest BCUT2D eigenvalue weighted by Crippen LogP contribution is 2.66. The molecule has 7 atom stereocenters. The van der Waals surface area contributed by atoms with Crippen LogP contribution in [0.1, 0.15) is 59.3 Å². The summed E-state index contributed by atoms with van der Waals surface area (Å²) in [5.74, 6) is 2.21. The van der Waals surface area contributed by atoms with E-state index in [4.69, 9.17) is 5.11 Å². The number of hydrogen-bond donors (Lipinski definition) is 1. The molecule has 0 amide bonds. The molecule has 0 spiro atoms. The van der Waals surface area contributed by atoms with Gasteiger partial charge in [0.2, 0.25) is 0 Å². The minimum atomic E-state index is -0.848. The van der Waals surface area contributed by atoms with Gasteiger partial charge in [-0.3, -0.25) is 4.79 Å². The minimum Gasteiger partial charge on any atom is -0.478 e. The van der Waals surface area contributed by atoms with Crippen molar-refractivity contribution in [2.75, 3.05) is 0 Å². The van der Waals surface area contributed by atoms with Gasteiger partial charge in [0.1, 0.15) is 0 Å². The van der Waals surface area contributed by atoms with E-state index < -0.39 is 5.97 Å². The number of ketones is 1. The molecule has 2 saturated carbocycles. The van der Waals surface area contributed by atoms with E-state index in [0.717, 1.165) is 6.42 Å². The van der Waals surface area contributed by atoms with Crippen LogP contribution in [0.5, 0.6) is 0 Å². The highest BCUT2D eigenvalue weighted by atomic mass is 16.4. The average molecular weight is 369 g/mol. The second-order valence-electron chi connectivity index (χ2n) is 9.92. The molecule has 7 unspecified atom stereocenters. The molecule has 0 saturated heterocycles. The Bertz CT molecular complexity index is 745. The number of allylic oxidation sites excluding steroid dienone is 5. The lowest BCUT2D eigenvalue weighted by Crippen LogP contribution is -2.49. The molecule has 0 aromatic rings. The Balaban J connectivity index is 1.62. The summed E-state index contributed by atoms with van der Waals surface area (Å²) in [6.07, 6.45) is 16.4. The Morgan fingerprint density at radius 2 is 2.00 bits per heavy atom. The van der Waals surface area contributed by atoms with Gasteiger partial charge >= 0.3 is 5.97 Å². The molecule has 0 aromatic heterocycles. The van der Waals surface area contributed by atoms with E-state index in [1.165, 1.54) is 37.3 Å². The Hall–Kier alpha value is -1.64. The van der Waals surface area contributed by atoms with Crippen LogP contribution < -0.4 is 0 Å². The molecular formula is C24H32O3. The Morgan fingerprint density at radius 3 is 2.74 bits per heavy atom. The summed E-state index contributed by atoms with van der Waals surface area (Å²) < 4.78 is 0. The lowest BCUT2D eigenvalue weighted by molar-refractivity contribution is -0.131. The van der Waals surface area contributed by atoms with Crippen LogP contribution >= 0.6 is 0 Å². The molecule has 1 N–H and O–H groups in total. The largest absolute Gasteiger partial charge is 0.478 e. The number of carboxylic acid groups (broad SMARTS) is 1. The smallest absolute Gasteiger partial charge is 0.327 e. The topological polar surface area (TPSA) is 54.4 Å². The van der Waals surface area contributed by atoms with Gasteiger partial charge in [0.25, 0.3) is 0 Å². The van der Waals surface area contributed by atoms with Crippen molar-refractivity contribution in [3.8, 4) is 0 Å². The van der Waals surface area contributed by atoms with Gasteiger partial charge in [0, 0.05) is 12.5 Å². The van der Waals surface area contributed by atoms with Crippen molar-refractivity contribution in [3.05, 3.63) is 36.0 Å². The second-order valence-corrected chi connectivity index (χ2v) is 9.92. The first-order chi connectivity index (χ1) is 12.8. The van der Waals surface area contributed by atoms with Crippen LogP contribution in [0, 0.1) is 40.4 Å². The van der Waals surface area contributed by atoms with E-state index in [1.54, 1.807) is 0 Å². The van der Waals surface area contributed by atoms with E-state index in [2.05, 4.69) is 32.9 Å². The van der Waals surface area contributed by atoms with Gasteiger partial charge in [-0.15, -0.1) is 0 Å². The van der Waals surface area contributed by atoms with Crippen LogP contribution in [-0.4, -0.2) is 16.9 Å². The van der Waals surface area contributed by atoms with Crippen LogP contribution in [0.2, 0.25) is 0 Å². The summed E-state index contributed by atoms with van der Waals surface area (Å²) in [5.41, 5.74) is 1.70. The van der Waals surface area contributed by atoms with Gasteiger partial charge in [-0.05, 0) is 84.2 Å². The van der Waals surface area contributed by atoms with E-state index in [9.17, 15) is 9.59 Å². The molecule has 4 aliphatic carbocycles. The molecule has 3 nitrogen and oxygen atoms in total. The van der Waals surface area contributed by atoms with Crippen LogP contribution in [-0.2, 0) is 9.59 Å². The van der Waals surface area contributed by atoms with Crippen LogP contribution in [0.4, 0.5) is 0 Å². The summed E-state index contributed by atoms with van der Waals surface area (Å²) in [4.78, 5) is 22.9. The maximum Gasteiger partial charge on any atom is 0.327 e. The van der Waals surface area contributed by atoms with E-state index in [1.807, 2.05) is 12.2 Å². The van der Waals surface area contributed by atoms with E-state index >= 15 is 0 Å². The van der Waals surface area contributed by atoms with Crippen molar-refractivity contribution < 1.29 is 14.7 Å². The maximum atomic E-state index is 11.9. The summed E-state index contributed by atoms with van der Waals surface area (Å²) in [7, 11) is 0. The Morgan fingerprint density at radius 1 is 1.22 bits per heavy atom. The number of hydrogen-bond acceptors (Lipinski definition) is 2. The Kier molecular flexibility index (Phi) is 4.48. The van der Waals surface area contributed by atoms with Crippen molar-refractivity contribution in [1.29, 1.82) is 0 Å². The first-order valence-corrected chi connectivity index (χ1v) is 10.6. The first kappa shape index (κ1) is 18.7. The van der Waals surface area contributed by atoms with Gasteiger partial charge in [0.15, 0.2) is 5.78 Å². The summed E-state index contributed by atoms with van der Waals surface area (Å²) in [6.45, 7) is 7.04. The number of carboxylic acids is 1. The lowest BCUT2D eigenvalue weighted by Gasteiger charge is -2.56. The van der Waals surface area contributed by atoms with E-state index in [0.29, 0.717) is 36.0 Å². The molecule has 0 aliphatic heterocycles. The number of aliphatic carboxylic acids is 1. The molecular weight excluding hydrogens is 336 g/mol. The van der Waals surface area contributed by atoms with Gasteiger partial charge in [0.05, 0.1) is 0 Å². The van der Waals surface area contributed by atoms with Gasteiger partial charge in [-0.2, -0.15) is 0 Å². The van der Waals surface area contributed by atoms with E-state index in [-0.39, 0.29) is 16.6 Å². The zero-order chi connectivity index (χ0) is 19.4. The third kappa shape index (κ3) is 2.85. The summed E-state index contributed by atoms with van der Waals surface area (Å²) in [6, 6.07) is 0. The molecule has 0 bridgehead atoms. The zero-order valence-corrected chi connectivity index (χ0v) is 16.8. The van der Waals surface area contributed by atoms with Crippen LogP contribution in [0.3, 0.4) is 0 Å². The molecule has 27 heavy (non-hydrogen) atoms. The van der Waals surface area contributed by atoms with Crippen LogP contribution in [0.15, 0.2) is 36.0 Å².